The van der Waals surface area contributed by atoms with Crippen LogP contribution in [0.3, 0.4) is 0 Å². The number of aromatic carboxylic acids is 1. The van der Waals surface area contributed by atoms with E-state index < -0.39 is 5.97 Å². The van der Waals surface area contributed by atoms with E-state index in [4.69, 9.17) is 16.3 Å². The Labute approximate surface area is 250 Å². The van der Waals surface area contributed by atoms with Crippen molar-refractivity contribution in [2.45, 2.75) is 20.4 Å². The van der Waals surface area contributed by atoms with Gasteiger partial charge in [0, 0.05) is 53.4 Å². The molecule has 216 valence electrons. The van der Waals surface area contributed by atoms with Crippen LogP contribution in [0, 0.1) is 13.8 Å². The normalized spacial score (nSPS) is 14.1. The van der Waals surface area contributed by atoms with Gasteiger partial charge < -0.3 is 19.6 Å². The van der Waals surface area contributed by atoms with Crippen molar-refractivity contribution in [2.75, 3.05) is 44.7 Å². The fourth-order valence-electron chi connectivity index (χ4n) is 5.27. The molecule has 1 saturated heterocycles. The minimum Gasteiger partial charge on any atom is -0.491 e. The van der Waals surface area contributed by atoms with Crippen molar-refractivity contribution in [1.29, 1.82) is 0 Å². The van der Waals surface area contributed by atoms with Gasteiger partial charge >= 0.3 is 5.97 Å². The van der Waals surface area contributed by atoms with E-state index in [0.29, 0.717) is 38.7 Å². The number of hydrogen-bond donors (Lipinski definition) is 1. The van der Waals surface area contributed by atoms with Crippen LogP contribution in [0.15, 0.2) is 46.7 Å². The third kappa shape index (κ3) is 5.31. The Morgan fingerprint density at radius 3 is 2.64 bits per heavy atom. The van der Waals surface area contributed by atoms with Crippen LogP contribution in [0.5, 0.6) is 5.75 Å². The number of thiophene rings is 1. The monoisotopic (exact) mass is 604 g/mol. The molecule has 1 aromatic carbocycles. The van der Waals surface area contributed by atoms with E-state index in [1.165, 1.54) is 11.3 Å². The average molecular weight is 605 g/mol. The van der Waals surface area contributed by atoms with Gasteiger partial charge in [0.2, 0.25) is 0 Å². The first kappa shape index (κ1) is 28.1. The number of anilines is 1. The number of aryl methyl sites for hydroxylation is 2. The lowest BCUT2D eigenvalue weighted by molar-refractivity contribution is 0.0699. The predicted molar refractivity (Wildman–Crippen MR) is 166 cm³/mol. The van der Waals surface area contributed by atoms with Crippen molar-refractivity contribution >= 4 is 55.8 Å². The second-order valence-corrected chi connectivity index (χ2v) is 11.7. The topological polar surface area (TPSA) is 114 Å². The van der Waals surface area contributed by atoms with E-state index in [1.807, 2.05) is 19.1 Å². The molecule has 0 unspecified atom stereocenters. The van der Waals surface area contributed by atoms with Gasteiger partial charge in [0.05, 0.1) is 39.4 Å². The second kappa shape index (κ2) is 11.3. The highest BCUT2D eigenvalue weighted by Gasteiger charge is 2.20. The van der Waals surface area contributed by atoms with E-state index in [-0.39, 0.29) is 24.3 Å². The highest BCUT2D eigenvalue weighted by Crippen LogP contribution is 2.40. The maximum atomic E-state index is 13.6. The smallest absolute Gasteiger partial charge is 0.338 e. The first-order valence-corrected chi connectivity index (χ1v) is 14.8. The summed E-state index contributed by atoms with van der Waals surface area (Å²) < 4.78 is 8.60. The molecule has 1 aliphatic rings. The molecule has 0 amide bonds. The summed E-state index contributed by atoms with van der Waals surface area (Å²) in [7, 11) is 2.10. The van der Waals surface area contributed by atoms with Gasteiger partial charge in [-0.1, -0.05) is 11.6 Å². The van der Waals surface area contributed by atoms with E-state index in [2.05, 4.69) is 31.8 Å². The minimum atomic E-state index is -1.02. The molecule has 0 bridgehead atoms. The molecule has 5 heterocycles. The van der Waals surface area contributed by atoms with Gasteiger partial charge in [-0.15, -0.1) is 11.3 Å². The molecule has 4 aromatic heterocycles. The Morgan fingerprint density at radius 1 is 1.10 bits per heavy atom. The van der Waals surface area contributed by atoms with Crippen LogP contribution in [-0.4, -0.2) is 75.3 Å². The summed E-state index contributed by atoms with van der Waals surface area (Å²) in [5, 5.41) is 12.3. The van der Waals surface area contributed by atoms with Crippen LogP contribution in [-0.2, 0) is 6.54 Å². The van der Waals surface area contributed by atoms with E-state index >= 15 is 0 Å². The van der Waals surface area contributed by atoms with Crippen LogP contribution in [0.25, 0.3) is 32.2 Å². The Kier molecular flexibility index (Phi) is 7.56. The van der Waals surface area contributed by atoms with Gasteiger partial charge in [-0.3, -0.25) is 14.3 Å². The molecule has 1 N–H and O–H groups in total. The fourth-order valence-corrected chi connectivity index (χ4v) is 6.45. The first-order chi connectivity index (χ1) is 20.2. The van der Waals surface area contributed by atoms with Gasteiger partial charge in [0.15, 0.2) is 0 Å². The Hall–Kier alpha value is -4.06. The molecule has 10 nitrogen and oxygen atoms in total. The molecule has 42 heavy (non-hydrogen) atoms. The number of likely N-dealkylation sites (N-methyl/N-ethyl adjacent to an activating group) is 1. The van der Waals surface area contributed by atoms with Crippen molar-refractivity contribution in [3.05, 3.63) is 74.4 Å². The zero-order valence-electron chi connectivity index (χ0n) is 23.4. The number of halogens is 1. The molecule has 6 rings (SSSR count). The maximum absolute atomic E-state index is 13.6. The SMILES string of the molecule is Cc1cc(-c2cc(Cl)ccc2OCCn2c(C)nc3cnc(N4CCN(C)CC4)cc3c2=O)c2scc(C(=O)O)c2n1. The highest BCUT2D eigenvalue weighted by atomic mass is 35.5. The standard InChI is InChI=1S/C30H29ClN6O4S/c1-17-12-21(28-27(33-17)23(16-42-28)30(39)40)20-13-19(31)4-5-25(20)41-11-10-37-18(2)34-24-15-32-26(14-22(24)29(37)38)36-8-6-35(3)7-9-36/h4-5,12-16H,6-11H2,1-3H3,(H,39,40). The number of benzene rings is 1. The zero-order valence-corrected chi connectivity index (χ0v) is 25.0. The fraction of sp³-hybridized carbons (Fsp3) is 0.300. The van der Waals surface area contributed by atoms with Gasteiger partial charge in [-0.05, 0) is 51.2 Å². The molecule has 0 radical (unpaired) electrons. The number of aromatic nitrogens is 4. The summed E-state index contributed by atoms with van der Waals surface area (Å²) in [5.41, 5.74) is 3.22. The number of pyridine rings is 2. The van der Waals surface area contributed by atoms with Gasteiger partial charge in [-0.2, -0.15) is 0 Å². The van der Waals surface area contributed by atoms with Crippen LogP contribution in [0.2, 0.25) is 5.02 Å². The summed E-state index contributed by atoms with van der Waals surface area (Å²) >= 11 is 7.71. The summed E-state index contributed by atoms with van der Waals surface area (Å²) in [6, 6.07) is 9.06. The summed E-state index contributed by atoms with van der Waals surface area (Å²) in [5.74, 6) is 0.903. The summed E-state index contributed by atoms with van der Waals surface area (Å²) in [4.78, 5) is 43.5. The van der Waals surface area contributed by atoms with Gasteiger partial charge in [0.25, 0.3) is 5.56 Å². The van der Waals surface area contributed by atoms with Gasteiger partial charge in [0.1, 0.15) is 24.0 Å². The number of carboxylic acids is 1. The van der Waals surface area contributed by atoms with Crippen molar-refractivity contribution < 1.29 is 14.6 Å². The Bertz CT molecular complexity index is 1900. The number of carbonyl (C=O) groups is 1. The third-order valence-corrected chi connectivity index (χ3v) is 8.77. The number of hydrogen-bond acceptors (Lipinski definition) is 9. The lowest BCUT2D eigenvalue weighted by Gasteiger charge is -2.33. The Morgan fingerprint density at radius 2 is 1.88 bits per heavy atom. The molecule has 1 aliphatic heterocycles. The molecule has 0 spiro atoms. The quantitative estimate of drug-likeness (QED) is 0.278. The lowest BCUT2D eigenvalue weighted by Crippen LogP contribution is -2.44. The maximum Gasteiger partial charge on any atom is 0.338 e. The number of carboxylic acid groups (broad SMARTS) is 1. The molecule has 1 fully saturated rings. The van der Waals surface area contributed by atoms with Crippen LogP contribution < -0.4 is 15.2 Å². The summed E-state index contributed by atoms with van der Waals surface area (Å²) in [6.07, 6.45) is 1.68. The van der Waals surface area contributed by atoms with Gasteiger partial charge in [-0.25, -0.2) is 14.8 Å². The number of piperazine rings is 1. The molecule has 5 aromatic rings. The largest absolute Gasteiger partial charge is 0.491 e. The number of fused-ring (bicyclic) bond motifs is 2. The molecular formula is C30H29ClN6O4S. The third-order valence-electron chi connectivity index (χ3n) is 7.53. The van der Waals surface area contributed by atoms with E-state index in [9.17, 15) is 14.7 Å². The van der Waals surface area contributed by atoms with Crippen LogP contribution in [0.1, 0.15) is 21.9 Å². The predicted octanol–water partition coefficient (Wildman–Crippen LogP) is 4.87. The zero-order chi connectivity index (χ0) is 29.5. The number of ether oxygens (including phenoxy) is 1. The Balaban J connectivity index is 1.29. The van der Waals surface area contributed by atoms with Crippen molar-refractivity contribution in [3.63, 3.8) is 0 Å². The molecule has 0 aliphatic carbocycles. The number of nitrogens with zero attached hydrogens (tertiary/aromatic N) is 6. The first-order valence-electron chi connectivity index (χ1n) is 13.5. The second-order valence-electron chi connectivity index (χ2n) is 10.4. The average Bonchev–Trinajstić information content (AvgIpc) is 3.39. The van der Waals surface area contributed by atoms with Crippen molar-refractivity contribution in [3.8, 4) is 16.9 Å². The lowest BCUT2D eigenvalue weighted by atomic mass is 10.0. The highest BCUT2D eigenvalue weighted by molar-refractivity contribution is 7.18. The number of rotatable bonds is 7. The molecular weight excluding hydrogens is 576 g/mol. The van der Waals surface area contributed by atoms with Crippen LogP contribution in [0.4, 0.5) is 5.82 Å². The van der Waals surface area contributed by atoms with Crippen molar-refractivity contribution in [1.82, 2.24) is 24.4 Å². The van der Waals surface area contributed by atoms with Crippen molar-refractivity contribution in [2.24, 2.45) is 0 Å². The molecule has 0 atom stereocenters. The van der Waals surface area contributed by atoms with Crippen LogP contribution >= 0.6 is 22.9 Å². The molecule has 0 saturated carbocycles. The van der Waals surface area contributed by atoms with E-state index in [0.717, 1.165) is 47.8 Å². The molecule has 12 heteroatoms. The summed E-state index contributed by atoms with van der Waals surface area (Å²) in [6.45, 7) is 7.71. The van der Waals surface area contributed by atoms with E-state index in [1.54, 1.807) is 41.3 Å². The minimum absolute atomic E-state index is 0.138.